The van der Waals surface area contributed by atoms with Crippen LogP contribution in [0.4, 0.5) is 8.78 Å². The Kier molecular flexibility index (Phi) is 6.39. The van der Waals surface area contributed by atoms with E-state index in [1.54, 1.807) is 31.2 Å². The van der Waals surface area contributed by atoms with Crippen molar-refractivity contribution in [3.63, 3.8) is 0 Å². The number of aryl methyl sites for hydroxylation is 1. The molecule has 1 heterocycles. The molecule has 0 radical (unpaired) electrons. The quantitative estimate of drug-likeness (QED) is 0.523. The number of carboxylic acid groups (broad SMARTS) is 1. The molecule has 3 rings (SSSR count). The van der Waals surface area contributed by atoms with Gasteiger partial charge in [0.25, 0.3) is 0 Å². The van der Waals surface area contributed by atoms with E-state index in [9.17, 15) is 13.6 Å². The van der Waals surface area contributed by atoms with Crippen molar-refractivity contribution in [2.24, 2.45) is 0 Å². The summed E-state index contributed by atoms with van der Waals surface area (Å²) in [5, 5.41) is 9.74. The molecule has 9 heteroatoms. The van der Waals surface area contributed by atoms with Crippen LogP contribution in [0.3, 0.4) is 0 Å². The van der Waals surface area contributed by atoms with Gasteiger partial charge in [-0.1, -0.05) is 35.3 Å². The van der Waals surface area contributed by atoms with Crippen LogP contribution in [0.5, 0.6) is 11.5 Å². The van der Waals surface area contributed by atoms with Crippen molar-refractivity contribution in [3.8, 4) is 11.5 Å². The van der Waals surface area contributed by atoms with E-state index < -0.39 is 19.2 Å². The van der Waals surface area contributed by atoms with Gasteiger partial charge in [0.2, 0.25) is 0 Å². The Hall–Kier alpha value is -2.64. The lowest BCUT2D eigenvalue weighted by atomic mass is 10.00. The van der Waals surface area contributed by atoms with Crippen molar-refractivity contribution in [2.75, 3.05) is 6.61 Å². The normalized spacial score (nSPS) is 11.1. The number of carbonyl (C=O) groups is 1. The first-order chi connectivity index (χ1) is 13.8. The first-order valence-corrected chi connectivity index (χ1v) is 9.17. The van der Waals surface area contributed by atoms with Gasteiger partial charge in [0.15, 0.2) is 6.61 Å². The summed E-state index contributed by atoms with van der Waals surface area (Å²) in [5.41, 5.74) is 1.83. The highest BCUT2D eigenvalue weighted by Gasteiger charge is 2.23. The van der Waals surface area contributed by atoms with Crippen molar-refractivity contribution in [1.29, 1.82) is 0 Å². The Bertz CT molecular complexity index is 1060. The van der Waals surface area contributed by atoms with Gasteiger partial charge < -0.3 is 14.6 Å². The molecule has 0 spiro atoms. The maximum Gasteiger partial charge on any atom is 0.387 e. The minimum Gasteiger partial charge on any atom is -0.481 e. The van der Waals surface area contributed by atoms with Crippen molar-refractivity contribution >= 4 is 40.1 Å². The van der Waals surface area contributed by atoms with E-state index in [2.05, 4.69) is 4.98 Å². The molecule has 0 aliphatic heterocycles. The fraction of sp³-hybridized carbons (Fsp3) is 0.200. The lowest BCUT2D eigenvalue weighted by Gasteiger charge is -2.18. The number of aromatic nitrogens is 1. The van der Waals surface area contributed by atoms with E-state index in [0.717, 1.165) is 5.56 Å². The van der Waals surface area contributed by atoms with Crippen LogP contribution in [-0.4, -0.2) is 29.3 Å². The highest BCUT2D eigenvalue weighted by molar-refractivity contribution is 6.35. The Morgan fingerprint density at radius 1 is 1.17 bits per heavy atom. The molecule has 0 saturated heterocycles. The van der Waals surface area contributed by atoms with Gasteiger partial charge in [0.1, 0.15) is 11.5 Å². The van der Waals surface area contributed by atoms with Crippen molar-refractivity contribution in [1.82, 2.24) is 4.98 Å². The molecule has 0 unspecified atom stereocenters. The van der Waals surface area contributed by atoms with E-state index in [-0.39, 0.29) is 33.8 Å². The summed E-state index contributed by atoms with van der Waals surface area (Å²) >= 11 is 12.1. The predicted molar refractivity (Wildman–Crippen MR) is 106 cm³/mol. The van der Waals surface area contributed by atoms with E-state index in [0.29, 0.717) is 16.3 Å². The van der Waals surface area contributed by atoms with Crippen LogP contribution < -0.4 is 9.47 Å². The molecule has 3 aromatic rings. The number of ether oxygens (including phenoxy) is 2. The molecule has 152 valence electrons. The molecule has 0 bridgehead atoms. The second kappa shape index (κ2) is 8.80. The topological polar surface area (TPSA) is 68.7 Å². The molecule has 1 aromatic heterocycles. The Labute approximate surface area is 174 Å². The first-order valence-electron chi connectivity index (χ1n) is 8.41. The number of nitrogens with zero attached hydrogens (tertiary/aromatic N) is 1. The van der Waals surface area contributed by atoms with Crippen LogP contribution >= 0.6 is 23.2 Å². The van der Waals surface area contributed by atoms with Gasteiger partial charge in [-0.05, 0) is 36.8 Å². The van der Waals surface area contributed by atoms with E-state index in [1.807, 2.05) is 0 Å². The fourth-order valence-corrected chi connectivity index (χ4v) is 3.25. The standard InChI is InChI=1S/C20H15Cl2F2NO4/c1-10-13(8-11-2-4-12(21)5-3-11)19(29-20(23)24)17-15(28-9-16(26)27)7-6-14(22)18(17)25-10/h2-7,20H,8-9H2,1H3,(H,26,27). The van der Waals surface area contributed by atoms with E-state index >= 15 is 0 Å². The van der Waals surface area contributed by atoms with Gasteiger partial charge >= 0.3 is 12.6 Å². The second-order valence-electron chi connectivity index (χ2n) is 6.14. The monoisotopic (exact) mass is 441 g/mol. The third-order valence-corrected chi connectivity index (χ3v) is 4.72. The van der Waals surface area contributed by atoms with Gasteiger partial charge in [-0.3, -0.25) is 4.98 Å². The fourth-order valence-electron chi connectivity index (χ4n) is 2.92. The minimum atomic E-state index is -3.12. The molecular formula is C20H15Cl2F2NO4. The molecule has 1 N–H and O–H groups in total. The number of rotatable bonds is 7. The third kappa shape index (κ3) is 4.86. The number of carboxylic acids is 1. The minimum absolute atomic E-state index is 0.0345. The molecular weight excluding hydrogens is 427 g/mol. The Morgan fingerprint density at radius 3 is 2.48 bits per heavy atom. The number of aliphatic carboxylic acids is 1. The van der Waals surface area contributed by atoms with Crippen molar-refractivity contribution in [3.05, 3.63) is 63.3 Å². The first kappa shape index (κ1) is 21.1. The van der Waals surface area contributed by atoms with Crippen LogP contribution in [0.2, 0.25) is 10.0 Å². The third-order valence-electron chi connectivity index (χ3n) is 4.16. The van der Waals surface area contributed by atoms with E-state index in [4.69, 9.17) is 37.8 Å². The SMILES string of the molecule is Cc1nc2c(Cl)ccc(OCC(=O)O)c2c(OC(F)F)c1Cc1ccc(Cl)cc1. The lowest BCUT2D eigenvalue weighted by molar-refractivity contribution is -0.139. The summed E-state index contributed by atoms with van der Waals surface area (Å²) in [6.07, 6.45) is 0.235. The number of halogens is 4. The number of pyridine rings is 1. The molecule has 0 atom stereocenters. The number of alkyl halides is 2. The molecule has 0 fully saturated rings. The summed E-state index contributed by atoms with van der Waals surface area (Å²) in [6, 6.07) is 9.75. The molecule has 0 aliphatic carbocycles. The highest BCUT2D eigenvalue weighted by Crippen LogP contribution is 2.41. The zero-order valence-corrected chi connectivity index (χ0v) is 16.6. The average molecular weight is 442 g/mol. The summed E-state index contributed by atoms with van der Waals surface area (Å²) < 4.78 is 36.7. The number of hydrogen-bond acceptors (Lipinski definition) is 4. The zero-order valence-electron chi connectivity index (χ0n) is 15.1. The van der Waals surface area contributed by atoms with Crippen LogP contribution in [0.1, 0.15) is 16.8 Å². The van der Waals surface area contributed by atoms with Gasteiger partial charge in [0.05, 0.1) is 15.9 Å². The van der Waals surface area contributed by atoms with E-state index in [1.165, 1.54) is 12.1 Å². The Balaban J connectivity index is 2.23. The number of benzene rings is 2. The summed E-state index contributed by atoms with van der Waals surface area (Å²) in [7, 11) is 0. The van der Waals surface area contributed by atoms with Crippen LogP contribution in [-0.2, 0) is 11.2 Å². The molecule has 0 amide bonds. The summed E-state index contributed by atoms with van der Waals surface area (Å²) in [6.45, 7) is -2.12. The van der Waals surface area contributed by atoms with Gasteiger partial charge in [-0.15, -0.1) is 0 Å². The van der Waals surface area contributed by atoms with Crippen LogP contribution in [0.25, 0.3) is 10.9 Å². The lowest BCUT2D eigenvalue weighted by Crippen LogP contribution is -2.12. The predicted octanol–water partition coefficient (Wildman–Crippen LogP) is 5.51. The summed E-state index contributed by atoms with van der Waals surface area (Å²) in [5.74, 6) is -1.33. The molecule has 0 saturated carbocycles. The highest BCUT2D eigenvalue weighted by atomic mass is 35.5. The number of hydrogen-bond donors (Lipinski definition) is 1. The van der Waals surface area contributed by atoms with Crippen LogP contribution in [0.15, 0.2) is 36.4 Å². The second-order valence-corrected chi connectivity index (χ2v) is 6.98. The van der Waals surface area contributed by atoms with Crippen molar-refractivity contribution < 1.29 is 28.2 Å². The molecule has 2 aromatic carbocycles. The maximum absolute atomic E-state index is 13.3. The Morgan fingerprint density at radius 2 is 1.86 bits per heavy atom. The van der Waals surface area contributed by atoms with Gasteiger partial charge in [-0.25, -0.2) is 4.79 Å². The average Bonchev–Trinajstić information content (AvgIpc) is 2.65. The largest absolute Gasteiger partial charge is 0.481 e. The summed E-state index contributed by atoms with van der Waals surface area (Å²) in [4.78, 5) is 15.3. The van der Waals surface area contributed by atoms with Gasteiger partial charge in [-0.2, -0.15) is 8.78 Å². The maximum atomic E-state index is 13.3. The molecule has 0 aliphatic rings. The molecule has 5 nitrogen and oxygen atoms in total. The molecule has 29 heavy (non-hydrogen) atoms. The van der Waals surface area contributed by atoms with Crippen LogP contribution in [0, 0.1) is 6.92 Å². The zero-order chi connectivity index (χ0) is 21.1. The van der Waals surface area contributed by atoms with Gasteiger partial charge in [0, 0.05) is 22.7 Å². The van der Waals surface area contributed by atoms with Crippen molar-refractivity contribution in [2.45, 2.75) is 20.0 Å². The smallest absolute Gasteiger partial charge is 0.387 e. The number of fused-ring (bicyclic) bond motifs is 1.